The molecule has 5 rings (SSSR count). The SMILES string of the molecule is COCC1CCCN1Cc1ccc(-c2nc3cccc4c3n2CCNC4=O)cc1. The van der Waals surface area contributed by atoms with Gasteiger partial charge in [-0.1, -0.05) is 30.3 Å². The lowest BCUT2D eigenvalue weighted by Gasteiger charge is -2.23. The summed E-state index contributed by atoms with van der Waals surface area (Å²) in [6.45, 7) is 4.22. The molecule has 29 heavy (non-hydrogen) atoms. The van der Waals surface area contributed by atoms with Crippen molar-refractivity contribution >= 4 is 16.9 Å². The zero-order valence-corrected chi connectivity index (χ0v) is 16.7. The van der Waals surface area contributed by atoms with Crippen LogP contribution in [0.4, 0.5) is 0 Å². The van der Waals surface area contributed by atoms with E-state index < -0.39 is 0 Å². The summed E-state index contributed by atoms with van der Waals surface area (Å²) in [5, 5.41) is 2.98. The summed E-state index contributed by atoms with van der Waals surface area (Å²) in [5.41, 5.74) is 4.90. The van der Waals surface area contributed by atoms with Gasteiger partial charge in [-0.3, -0.25) is 9.69 Å². The number of amides is 1. The molecule has 0 saturated carbocycles. The third-order valence-corrected chi connectivity index (χ3v) is 6.09. The lowest BCUT2D eigenvalue weighted by molar-refractivity contribution is 0.0956. The number of nitrogens with zero attached hydrogens (tertiary/aromatic N) is 3. The van der Waals surface area contributed by atoms with Gasteiger partial charge in [-0.05, 0) is 37.1 Å². The molecule has 1 aromatic heterocycles. The Kier molecular flexibility index (Phi) is 4.81. The average molecular weight is 390 g/mol. The van der Waals surface area contributed by atoms with E-state index in [4.69, 9.17) is 9.72 Å². The van der Waals surface area contributed by atoms with E-state index >= 15 is 0 Å². The summed E-state index contributed by atoms with van der Waals surface area (Å²) >= 11 is 0. The number of nitrogens with one attached hydrogen (secondary N) is 1. The van der Waals surface area contributed by atoms with Gasteiger partial charge in [-0.25, -0.2) is 4.98 Å². The Hall–Kier alpha value is -2.70. The van der Waals surface area contributed by atoms with Gasteiger partial charge < -0.3 is 14.6 Å². The second-order valence-corrected chi connectivity index (χ2v) is 7.94. The molecule has 1 N–H and O–H groups in total. The first kappa shape index (κ1) is 18.3. The van der Waals surface area contributed by atoms with Crippen LogP contribution in [-0.4, -0.2) is 53.2 Å². The van der Waals surface area contributed by atoms with Gasteiger partial charge in [-0.2, -0.15) is 0 Å². The van der Waals surface area contributed by atoms with Crippen molar-refractivity contribution in [1.29, 1.82) is 0 Å². The molecule has 2 aliphatic rings. The van der Waals surface area contributed by atoms with Gasteiger partial charge in [0.05, 0.1) is 23.2 Å². The number of aromatic nitrogens is 2. The first-order valence-corrected chi connectivity index (χ1v) is 10.3. The Bertz CT molecular complexity index is 1040. The Morgan fingerprint density at radius 1 is 1.17 bits per heavy atom. The molecule has 0 bridgehead atoms. The van der Waals surface area contributed by atoms with E-state index in [1.807, 2.05) is 18.2 Å². The lowest BCUT2D eigenvalue weighted by atomic mass is 10.1. The number of imidazole rings is 1. The molecule has 0 spiro atoms. The van der Waals surface area contributed by atoms with Crippen LogP contribution in [0.2, 0.25) is 0 Å². The molecule has 6 heteroatoms. The van der Waals surface area contributed by atoms with E-state index in [1.54, 1.807) is 7.11 Å². The van der Waals surface area contributed by atoms with E-state index in [0.29, 0.717) is 18.2 Å². The van der Waals surface area contributed by atoms with Crippen LogP contribution >= 0.6 is 0 Å². The van der Waals surface area contributed by atoms with Crippen molar-refractivity contribution < 1.29 is 9.53 Å². The van der Waals surface area contributed by atoms with Crippen LogP contribution in [-0.2, 0) is 17.8 Å². The molecule has 0 aliphatic carbocycles. The summed E-state index contributed by atoms with van der Waals surface area (Å²) in [6.07, 6.45) is 2.45. The fourth-order valence-electron chi connectivity index (χ4n) is 4.66. The maximum Gasteiger partial charge on any atom is 0.253 e. The van der Waals surface area contributed by atoms with E-state index in [2.05, 4.69) is 39.0 Å². The Morgan fingerprint density at radius 2 is 2.03 bits per heavy atom. The van der Waals surface area contributed by atoms with Gasteiger partial charge >= 0.3 is 0 Å². The number of methoxy groups -OCH3 is 1. The molecular weight excluding hydrogens is 364 g/mol. The van der Waals surface area contributed by atoms with Gasteiger partial charge in [0.25, 0.3) is 5.91 Å². The number of rotatable bonds is 5. The fourth-order valence-corrected chi connectivity index (χ4v) is 4.66. The lowest BCUT2D eigenvalue weighted by Crippen LogP contribution is -2.32. The van der Waals surface area contributed by atoms with Gasteiger partial charge in [0.15, 0.2) is 0 Å². The molecule has 150 valence electrons. The predicted molar refractivity (Wildman–Crippen MR) is 113 cm³/mol. The largest absolute Gasteiger partial charge is 0.383 e. The predicted octanol–water partition coefficient (Wildman–Crippen LogP) is 3.06. The third-order valence-electron chi connectivity index (χ3n) is 6.09. The van der Waals surface area contributed by atoms with Crippen molar-refractivity contribution in [2.24, 2.45) is 0 Å². The highest BCUT2D eigenvalue weighted by molar-refractivity contribution is 6.06. The summed E-state index contributed by atoms with van der Waals surface area (Å²) in [7, 11) is 1.78. The summed E-state index contributed by atoms with van der Waals surface area (Å²) < 4.78 is 7.55. The number of ether oxygens (including phenoxy) is 1. The number of benzene rings is 2. The molecule has 1 unspecified atom stereocenters. The van der Waals surface area contributed by atoms with E-state index in [0.717, 1.165) is 48.7 Å². The van der Waals surface area contributed by atoms with Crippen LogP contribution < -0.4 is 5.32 Å². The van der Waals surface area contributed by atoms with Crippen molar-refractivity contribution in [2.45, 2.75) is 32.0 Å². The molecule has 1 amide bonds. The highest BCUT2D eigenvalue weighted by Crippen LogP contribution is 2.29. The normalized spacial score (nSPS) is 19.5. The van der Waals surface area contributed by atoms with E-state index in [9.17, 15) is 4.79 Å². The molecule has 1 fully saturated rings. The first-order valence-electron chi connectivity index (χ1n) is 10.3. The van der Waals surface area contributed by atoms with Crippen LogP contribution in [0.15, 0.2) is 42.5 Å². The summed E-state index contributed by atoms with van der Waals surface area (Å²) in [5.74, 6) is 0.904. The number of hydrogen-bond donors (Lipinski definition) is 1. The van der Waals surface area contributed by atoms with Gasteiger partial charge in [0.1, 0.15) is 5.82 Å². The van der Waals surface area contributed by atoms with Crippen molar-refractivity contribution in [3.63, 3.8) is 0 Å². The van der Waals surface area contributed by atoms with Gasteiger partial charge in [-0.15, -0.1) is 0 Å². The summed E-state index contributed by atoms with van der Waals surface area (Å²) in [6, 6.07) is 15.0. The molecule has 3 heterocycles. The third kappa shape index (κ3) is 3.32. The van der Waals surface area contributed by atoms with Crippen molar-refractivity contribution in [3.8, 4) is 11.4 Å². The van der Waals surface area contributed by atoms with E-state index in [-0.39, 0.29) is 5.91 Å². The van der Waals surface area contributed by atoms with Crippen molar-refractivity contribution in [3.05, 3.63) is 53.6 Å². The van der Waals surface area contributed by atoms with Gasteiger partial charge in [0.2, 0.25) is 0 Å². The minimum Gasteiger partial charge on any atom is -0.383 e. The number of likely N-dealkylation sites (tertiary alicyclic amines) is 1. The topological polar surface area (TPSA) is 59.4 Å². The highest BCUT2D eigenvalue weighted by atomic mass is 16.5. The molecule has 3 aromatic rings. The fraction of sp³-hybridized carbons (Fsp3) is 0.391. The second-order valence-electron chi connectivity index (χ2n) is 7.94. The van der Waals surface area contributed by atoms with Gasteiger partial charge in [0, 0.05) is 38.3 Å². The number of carbonyl (C=O) groups excluding carboxylic acids is 1. The van der Waals surface area contributed by atoms with Crippen molar-refractivity contribution in [1.82, 2.24) is 19.8 Å². The maximum atomic E-state index is 12.4. The molecule has 2 aromatic carbocycles. The standard InChI is InChI=1S/C23H26N4O2/c1-29-15-18-4-3-12-26(18)14-16-7-9-17(10-8-16)22-25-20-6-2-5-19-21(20)27(22)13-11-24-23(19)28/h2,5-10,18H,3-4,11-15H2,1H3,(H,24,28). The van der Waals surface area contributed by atoms with Crippen LogP contribution in [0.25, 0.3) is 22.4 Å². The minimum atomic E-state index is -0.0209. The smallest absolute Gasteiger partial charge is 0.253 e. The molecule has 1 atom stereocenters. The van der Waals surface area contributed by atoms with Crippen molar-refractivity contribution in [2.75, 3.05) is 26.8 Å². The molecule has 6 nitrogen and oxygen atoms in total. The number of para-hydroxylation sites is 1. The molecule has 1 saturated heterocycles. The summed E-state index contributed by atoms with van der Waals surface area (Å²) in [4.78, 5) is 19.7. The van der Waals surface area contributed by atoms with Crippen LogP contribution in [0.3, 0.4) is 0 Å². The zero-order valence-electron chi connectivity index (χ0n) is 16.7. The highest BCUT2D eigenvalue weighted by Gasteiger charge is 2.25. The van der Waals surface area contributed by atoms with E-state index in [1.165, 1.54) is 18.4 Å². The average Bonchev–Trinajstić information content (AvgIpc) is 3.28. The number of carbonyl (C=O) groups is 1. The Labute approximate surface area is 170 Å². The Balaban J connectivity index is 1.45. The first-order chi connectivity index (χ1) is 14.2. The molecule has 2 aliphatic heterocycles. The monoisotopic (exact) mass is 390 g/mol. The number of hydrogen-bond acceptors (Lipinski definition) is 4. The minimum absolute atomic E-state index is 0.0209. The van der Waals surface area contributed by atoms with Crippen LogP contribution in [0.1, 0.15) is 28.8 Å². The molecule has 0 radical (unpaired) electrons. The maximum absolute atomic E-state index is 12.4. The quantitative estimate of drug-likeness (QED) is 0.727. The second kappa shape index (κ2) is 7.61. The van der Waals surface area contributed by atoms with Crippen LogP contribution in [0, 0.1) is 0 Å². The zero-order chi connectivity index (χ0) is 19.8. The molecular formula is C23H26N4O2. The van der Waals surface area contributed by atoms with Crippen LogP contribution in [0.5, 0.6) is 0 Å². The Morgan fingerprint density at radius 3 is 2.86 bits per heavy atom.